The lowest BCUT2D eigenvalue weighted by Crippen LogP contribution is -2.40. The number of aliphatic imine (C=N–C) groups is 1. The van der Waals surface area contributed by atoms with Gasteiger partial charge in [-0.25, -0.2) is 14.6 Å². The molecule has 0 aromatic rings. The summed E-state index contributed by atoms with van der Waals surface area (Å²) in [7, 11) is 1.32. The zero-order valence-electron chi connectivity index (χ0n) is 44.2. The molecular weight excluding hydrogens is 905 g/mol. The first kappa shape index (κ1) is 65.3. The summed E-state index contributed by atoms with van der Waals surface area (Å²) >= 11 is 1.40. The van der Waals surface area contributed by atoms with Crippen molar-refractivity contribution in [2.75, 3.05) is 64.7 Å². The standard InChI is InChI=1S/C53H94N2O13S/c1-9-12-14-16-18-20-22-24-26-28-32-64-48(59)45(39-44(11-3)47(58)66-34-30-54-42-56)38-43(4)46(57)65-35-31-55-51(62)68-36-37-69-41-53(7,50(61)63-8)40-52(5,6)49(60)67-33-29-27-25-23-21-19-17-15-13-10-2/h43-45H,9-41H2,1-8H3,(H,55,62). The van der Waals surface area contributed by atoms with Crippen LogP contribution in [0.25, 0.3) is 0 Å². The van der Waals surface area contributed by atoms with E-state index < -0.39 is 58.6 Å². The monoisotopic (exact) mass is 999 g/mol. The zero-order chi connectivity index (χ0) is 51.6. The Kier molecular flexibility index (Phi) is 39.8. The van der Waals surface area contributed by atoms with Gasteiger partial charge in [0.2, 0.25) is 6.08 Å². The highest BCUT2D eigenvalue weighted by Gasteiger charge is 2.44. The molecule has 0 spiro atoms. The smallest absolute Gasteiger partial charge is 0.407 e. The van der Waals surface area contributed by atoms with Crippen LogP contribution in [0.3, 0.4) is 0 Å². The number of ether oxygens (including phenoxy) is 6. The van der Waals surface area contributed by atoms with E-state index in [0.717, 1.165) is 44.9 Å². The Morgan fingerprint density at radius 1 is 0.580 bits per heavy atom. The fourth-order valence-electron chi connectivity index (χ4n) is 8.23. The van der Waals surface area contributed by atoms with Gasteiger partial charge in [-0.1, -0.05) is 143 Å². The summed E-state index contributed by atoms with van der Waals surface area (Å²) in [5.41, 5.74) is -1.92. The Morgan fingerprint density at radius 2 is 1.07 bits per heavy atom. The fraction of sp³-hybridized carbons (Fsp3) is 0.868. The largest absolute Gasteiger partial charge is 0.469 e. The number of nitrogens with one attached hydrogen (secondary N) is 1. The lowest BCUT2D eigenvalue weighted by Gasteiger charge is -2.33. The van der Waals surface area contributed by atoms with E-state index in [-0.39, 0.29) is 64.7 Å². The third-order valence-corrected chi connectivity index (χ3v) is 13.6. The van der Waals surface area contributed by atoms with Crippen molar-refractivity contribution < 1.29 is 62.0 Å². The number of nitrogens with zero attached hydrogens (tertiary/aromatic N) is 1. The minimum atomic E-state index is -0.993. The lowest BCUT2D eigenvalue weighted by atomic mass is 9.75. The first-order valence-corrected chi connectivity index (χ1v) is 27.5. The van der Waals surface area contributed by atoms with Crippen molar-refractivity contribution in [3.8, 4) is 0 Å². The molecule has 4 atom stereocenters. The first-order chi connectivity index (χ1) is 33.1. The molecule has 16 heteroatoms. The minimum absolute atomic E-state index is 0.0114. The highest BCUT2D eigenvalue weighted by atomic mass is 32.2. The molecule has 0 fully saturated rings. The molecule has 0 rings (SSSR count). The van der Waals surface area contributed by atoms with Crippen LogP contribution in [0.5, 0.6) is 0 Å². The summed E-state index contributed by atoms with van der Waals surface area (Å²) in [6.07, 6.45) is 24.8. The Labute approximate surface area is 420 Å². The van der Waals surface area contributed by atoms with Gasteiger partial charge < -0.3 is 33.7 Å². The number of isocyanates is 1. The van der Waals surface area contributed by atoms with Crippen LogP contribution in [-0.4, -0.2) is 107 Å². The number of carbonyl (C=O) groups excluding carboxylic acids is 7. The molecule has 0 aromatic heterocycles. The predicted octanol–water partition coefficient (Wildman–Crippen LogP) is 11.5. The van der Waals surface area contributed by atoms with E-state index in [1.807, 2.05) is 0 Å². The van der Waals surface area contributed by atoms with Gasteiger partial charge in [0.25, 0.3) is 0 Å². The number of rotatable bonds is 45. The Morgan fingerprint density at radius 3 is 1.59 bits per heavy atom. The molecule has 0 aromatic carbocycles. The van der Waals surface area contributed by atoms with Gasteiger partial charge in [-0.05, 0) is 59.3 Å². The van der Waals surface area contributed by atoms with Crippen molar-refractivity contribution in [1.29, 1.82) is 0 Å². The van der Waals surface area contributed by atoms with Crippen LogP contribution in [-0.2, 0) is 57.2 Å². The molecule has 0 saturated carbocycles. The van der Waals surface area contributed by atoms with E-state index in [9.17, 15) is 33.6 Å². The third kappa shape index (κ3) is 33.6. The van der Waals surface area contributed by atoms with Gasteiger partial charge in [0.1, 0.15) is 19.8 Å². The number of hydrogen-bond acceptors (Lipinski definition) is 15. The van der Waals surface area contributed by atoms with Crippen LogP contribution in [0.1, 0.15) is 203 Å². The molecule has 4 unspecified atom stereocenters. The number of carbonyl (C=O) groups is 6. The SMILES string of the molecule is CCCCCCCCCCCCOC(=O)C(CC(C)C(=O)OCCNC(=O)OCCSCC(C)(CC(C)(C)C(=O)OCCCCCCCCCCCC)C(=O)OC)CC(CC)C(=O)OCCN=C=O. The maximum Gasteiger partial charge on any atom is 0.407 e. The molecule has 0 heterocycles. The van der Waals surface area contributed by atoms with Gasteiger partial charge in [0.15, 0.2) is 0 Å². The summed E-state index contributed by atoms with van der Waals surface area (Å²) in [6.45, 7) is 13.6. The predicted molar refractivity (Wildman–Crippen MR) is 271 cm³/mol. The molecule has 15 nitrogen and oxygen atoms in total. The van der Waals surface area contributed by atoms with E-state index >= 15 is 0 Å². The van der Waals surface area contributed by atoms with Crippen molar-refractivity contribution in [1.82, 2.24) is 5.32 Å². The number of alkyl carbamates (subject to hydrolysis) is 1. The van der Waals surface area contributed by atoms with Gasteiger partial charge in [-0.15, -0.1) is 0 Å². The summed E-state index contributed by atoms with van der Waals surface area (Å²) < 4.78 is 32.4. The van der Waals surface area contributed by atoms with Crippen molar-refractivity contribution in [3.63, 3.8) is 0 Å². The maximum absolute atomic E-state index is 13.4. The second kappa shape index (κ2) is 42.1. The van der Waals surface area contributed by atoms with Crippen molar-refractivity contribution in [2.24, 2.45) is 33.6 Å². The molecular formula is C53H94N2O13S. The molecule has 0 aliphatic heterocycles. The van der Waals surface area contributed by atoms with E-state index in [4.69, 9.17) is 28.4 Å². The highest BCUT2D eigenvalue weighted by molar-refractivity contribution is 7.99. The summed E-state index contributed by atoms with van der Waals surface area (Å²) in [6, 6.07) is 0. The van der Waals surface area contributed by atoms with Gasteiger partial charge >= 0.3 is 35.9 Å². The van der Waals surface area contributed by atoms with Crippen LogP contribution in [0.15, 0.2) is 4.99 Å². The van der Waals surface area contributed by atoms with E-state index in [2.05, 4.69) is 24.2 Å². The fourth-order valence-corrected chi connectivity index (χ4v) is 9.25. The van der Waals surface area contributed by atoms with Crippen LogP contribution in [0.4, 0.5) is 4.79 Å². The molecule has 0 bridgehead atoms. The van der Waals surface area contributed by atoms with E-state index in [0.29, 0.717) is 24.5 Å². The van der Waals surface area contributed by atoms with Gasteiger partial charge in [0, 0.05) is 11.5 Å². The van der Waals surface area contributed by atoms with E-state index in [1.165, 1.54) is 108 Å². The molecule has 69 heavy (non-hydrogen) atoms. The van der Waals surface area contributed by atoms with Crippen LogP contribution in [0.2, 0.25) is 0 Å². The molecule has 1 N–H and O–H groups in total. The minimum Gasteiger partial charge on any atom is -0.469 e. The molecule has 0 aliphatic rings. The van der Waals surface area contributed by atoms with Crippen molar-refractivity contribution in [2.45, 2.75) is 203 Å². The molecule has 0 aliphatic carbocycles. The number of esters is 5. The number of hydrogen-bond donors (Lipinski definition) is 1. The van der Waals surface area contributed by atoms with Crippen LogP contribution in [0, 0.1) is 28.6 Å². The summed E-state index contributed by atoms with van der Waals surface area (Å²) in [5.74, 6) is -3.80. The third-order valence-electron chi connectivity index (χ3n) is 12.3. The lowest BCUT2D eigenvalue weighted by molar-refractivity contribution is -0.161. The number of unbranched alkanes of at least 4 members (excludes halogenated alkanes) is 18. The van der Waals surface area contributed by atoms with E-state index in [1.54, 1.807) is 34.6 Å². The number of thioether (sulfide) groups is 1. The van der Waals surface area contributed by atoms with Crippen molar-refractivity contribution in [3.05, 3.63) is 0 Å². The molecule has 1 amide bonds. The highest BCUT2D eigenvalue weighted by Crippen LogP contribution is 2.38. The second-order valence-corrected chi connectivity index (χ2v) is 20.5. The molecule has 0 radical (unpaired) electrons. The number of amides is 1. The zero-order valence-corrected chi connectivity index (χ0v) is 45.0. The van der Waals surface area contributed by atoms with Gasteiger partial charge in [0.05, 0.1) is 62.0 Å². The average molecular weight is 999 g/mol. The summed E-state index contributed by atoms with van der Waals surface area (Å²) in [5, 5.41) is 2.55. The molecule has 400 valence electrons. The van der Waals surface area contributed by atoms with Gasteiger partial charge in [-0.2, -0.15) is 11.8 Å². The Bertz CT molecular complexity index is 1460. The first-order valence-electron chi connectivity index (χ1n) is 26.4. The number of methoxy groups -OCH3 is 1. The normalized spacial score (nSPS) is 13.4. The summed E-state index contributed by atoms with van der Waals surface area (Å²) in [4.78, 5) is 91.5. The average Bonchev–Trinajstić information content (AvgIpc) is 3.32. The van der Waals surface area contributed by atoms with Crippen molar-refractivity contribution >= 4 is 53.8 Å². The molecule has 0 saturated heterocycles. The Balaban J connectivity index is 4.88. The topological polar surface area (TPSA) is 199 Å². The van der Waals surface area contributed by atoms with Crippen LogP contribution < -0.4 is 5.32 Å². The maximum atomic E-state index is 13.4. The Hall–Kier alpha value is -3.65. The quantitative estimate of drug-likeness (QED) is 0.0199. The van der Waals surface area contributed by atoms with Crippen LogP contribution >= 0.6 is 11.8 Å². The second-order valence-electron chi connectivity index (χ2n) is 19.4. The van der Waals surface area contributed by atoms with Gasteiger partial charge in [-0.3, -0.25) is 24.0 Å².